The van der Waals surface area contributed by atoms with Crippen LogP contribution in [0.25, 0.3) is 0 Å². The maximum atomic E-state index is 14.0. The molecular weight excluding hydrogens is 490 g/mol. The number of carbonyl (C=O) groups excluding carboxylic acids is 2. The number of likely N-dealkylation sites (N-methyl/N-ethyl adjacent to an activating group) is 1. The molecule has 5 rings (SSSR count). The molecule has 2 aliphatic rings. The Morgan fingerprint density at radius 3 is 2.62 bits per heavy atom. The number of fused-ring (bicyclic) bond motifs is 1. The van der Waals surface area contributed by atoms with Gasteiger partial charge in [0.2, 0.25) is 0 Å². The Bertz CT molecular complexity index is 1280. The van der Waals surface area contributed by atoms with Crippen molar-refractivity contribution in [1.82, 2.24) is 14.8 Å². The molecule has 7 heteroatoms. The van der Waals surface area contributed by atoms with Gasteiger partial charge in [-0.15, -0.1) is 0 Å². The second kappa shape index (κ2) is 12.4. The molecular formula is C32H37N3O4. The van der Waals surface area contributed by atoms with Crippen molar-refractivity contribution in [1.29, 1.82) is 0 Å². The smallest absolute Gasteiger partial charge is 0.272 e. The highest BCUT2D eigenvalue weighted by Crippen LogP contribution is 2.30. The lowest BCUT2D eigenvalue weighted by molar-refractivity contribution is -0.170. The molecule has 1 spiro atoms. The third-order valence-corrected chi connectivity index (χ3v) is 7.65. The minimum atomic E-state index is -1.07. The van der Waals surface area contributed by atoms with E-state index in [0.717, 1.165) is 36.3 Å². The number of hydrogen-bond donors (Lipinski definition) is 0. The molecule has 0 N–H and O–H groups in total. The number of carbonyl (C=O) groups is 2. The van der Waals surface area contributed by atoms with Crippen LogP contribution in [0.3, 0.4) is 0 Å². The van der Waals surface area contributed by atoms with Crippen LogP contribution < -0.4 is 4.74 Å². The van der Waals surface area contributed by atoms with Gasteiger partial charge in [0, 0.05) is 25.2 Å². The van der Waals surface area contributed by atoms with Gasteiger partial charge in [0.05, 0.1) is 19.7 Å². The van der Waals surface area contributed by atoms with Crippen LogP contribution in [0.15, 0.2) is 72.8 Å². The molecule has 3 aromatic rings. The fourth-order valence-corrected chi connectivity index (χ4v) is 5.54. The van der Waals surface area contributed by atoms with Gasteiger partial charge in [-0.25, -0.2) is 4.98 Å². The zero-order chi connectivity index (χ0) is 27.1. The van der Waals surface area contributed by atoms with Crippen LogP contribution in [0, 0.1) is 0 Å². The summed E-state index contributed by atoms with van der Waals surface area (Å²) in [5.74, 6) is 0.668. The highest BCUT2D eigenvalue weighted by Gasteiger charge is 2.46. The van der Waals surface area contributed by atoms with Crippen LogP contribution in [0.5, 0.6) is 5.75 Å². The average molecular weight is 528 g/mol. The van der Waals surface area contributed by atoms with Crippen LogP contribution in [-0.2, 0) is 22.4 Å². The highest BCUT2D eigenvalue weighted by molar-refractivity contribution is 5.94. The van der Waals surface area contributed by atoms with Crippen LogP contribution in [0.2, 0.25) is 0 Å². The number of morpholine rings is 1. The van der Waals surface area contributed by atoms with E-state index in [9.17, 15) is 9.59 Å². The first kappa shape index (κ1) is 26.9. The van der Waals surface area contributed by atoms with Gasteiger partial charge in [0.1, 0.15) is 18.1 Å². The van der Waals surface area contributed by atoms with Crippen molar-refractivity contribution in [2.24, 2.45) is 0 Å². The van der Waals surface area contributed by atoms with Crippen LogP contribution in [0.4, 0.5) is 0 Å². The minimum absolute atomic E-state index is 0.0641. The Labute approximate surface area is 230 Å². The number of pyridine rings is 1. The second-order valence-electron chi connectivity index (χ2n) is 10.3. The molecule has 0 saturated carbocycles. The fourth-order valence-electron chi connectivity index (χ4n) is 5.54. The van der Waals surface area contributed by atoms with Crippen molar-refractivity contribution in [2.45, 2.75) is 44.6 Å². The Morgan fingerprint density at radius 2 is 1.77 bits per heavy atom. The molecule has 2 aromatic carbocycles. The Kier molecular flexibility index (Phi) is 8.57. The lowest BCUT2D eigenvalue weighted by atomic mass is 9.90. The zero-order valence-corrected chi connectivity index (χ0v) is 22.7. The van der Waals surface area contributed by atoms with E-state index in [1.165, 1.54) is 5.56 Å². The normalized spacial score (nSPS) is 20.5. The maximum Gasteiger partial charge on any atom is 0.272 e. The molecule has 2 amide bonds. The summed E-state index contributed by atoms with van der Waals surface area (Å²) < 4.78 is 12.4. The average Bonchev–Trinajstić information content (AvgIpc) is 2.98. The Balaban J connectivity index is 1.34. The number of aromatic nitrogens is 1. The molecule has 204 valence electrons. The molecule has 1 unspecified atom stereocenters. The molecule has 1 atom stereocenters. The summed E-state index contributed by atoms with van der Waals surface area (Å²) in [6.07, 6.45) is 3.81. The number of ether oxygens (including phenoxy) is 2. The van der Waals surface area contributed by atoms with E-state index in [0.29, 0.717) is 51.4 Å². The van der Waals surface area contributed by atoms with E-state index in [1.54, 1.807) is 15.9 Å². The first-order valence-corrected chi connectivity index (χ1v) is 14.0. The van der Waals surface area contributed by atoms with E-state index in [2.05, 4.69) is 23.2 Å². The van der Waals surface area contributed by atoms with Crippen LogP contribution >= 0.6 is 0 Å². The third kappa shape index (κ3) is 6.31. The fraction of sp³-hybridized carbons (Fsp3) is 0.406. The number of amides is 2. The molecule has 0 aliphatic carbocycles. The number of benzene rings is 2. The summed E-state index contributed by atoms with van der Waals surface area (Å²) in [6, 6.07) is 23.8. The quantitative estimate of drug-likeness (QED) is 0.498. The van der Waals surface area contributed by atoms with Gasteiger partial charge in [-0.2, -0.15) is 0 Å². The molecule has 0 radical (unpaired) electrons. The Morgan fingerprint density at radius 1 is 0.949 bits per heavy atom. The first-order chi connectivity index (χ1) is 19.1. The van der Waals surface area contributed by atoms with E-state index >= 15 is 0 Å². The molecule has 7 nitrogen and oxygen atoms in total. The van der Waals surface area contributed by atoms with Gasteiger partial charge >= 0.3 is 0 Å². The monoisotopic (exact) mass is 527 g/mol. The summed E-state index contributed by atoms with van der Waals surface area (Å²) in [4.78, 5) is 35.9. The van der Waals surface area contributed by atoms with Gasteiger partial charge in [0.15, 0.2) is 5.60 Å². The maximum absolute atomic E-state index is 14.0. The van der Waals surface area contributed by atoms with Crippen molar-refractivity contribution >= 4 is 11.8 Å². The van der Waals surface area contributed by atoms with Gasteiger partial charge in [-0.1, -0.05) is 54.6 Å². The number of aryl methyl sites for hydroxylation is 1. The van der Waals surface area contributed by atoms with Crippen molar-refractivity contribution < 1.29 is 19.1 Å². The topological polar surface area (TPSA) is 72.0 Å². The predicted molar refractivity (Wildman–Crippen MR) is 150 cm³/mol. The molecule has 0 bridgehead atoms. The lowest BCUT2D eigenvalue weighted by Crippen LogP contribution is -2.62. The van der Waals surface area contributed by atoms with E-state index in [1.807, 2.05) is 55.5 Å². The van der Waals surface area contributed by atoms with Gasteiger partial charge < -0.3 is 19.3 Å². The van der Waals surface area contributed by atoms with Gasteiger partial charge in [-0.3, -0.25) is 9.59 Å². The van der Waals surface area contributed by atoms with E-state index < -0.39 is 5.60 Å². The summed E-state index contributed by atoms with van der Waals surface area (Å²) in [5.41, 5.74) is 2.51. The van der Waals surface area contributed by atoms with E-state index in [-0.39, 0.29) is 18.4 Å². The standard InChI is InChI=1S/C32H37N3O4/c1-2-34-19-21-38-29-17-7-6-13-26(29)14-8-9-18-32(31(34)37)24-35(20-22-39-32)30(36)28-16-10-15-27(33-28)23-25-11-4-3-5-12-25/h3-7,10-13,15-17H,2,8-9,14,18-24H2,1H3. The highest BCUT2D eigenvalue weighted by atomic mass is 16.5. The van der Waals surface area contributed by atoms with Crippen molar-refractivity contribution in [3.63, 3.8) is 0 Å². The summed E-state index contributed by atoms with van der Waals surface area (Å²) in [6.45, 7) is 4.37. The summed E-state index contributed by atoms with van der Waals surface area (Å²) in [7, 11) is 0. The van der Waals surface area contributed by atoms with Gasteiger partial charge in [-0.05, 0) is 61.9 Å². The zero-order valence-electron chi connectivity index (χ0n) is 22.7. The number of nitrogens with zero attached hydrogens (tertiary/aromatic N) is 3. The number of rotatable bonds is 4. The molecule has 1 saturated heterocycles. The second-order valence-corrected chi connectivity index (χ2v) is 10.3. The van der Waals surface area contributed by atoms with Crippen molar-refractivity contribution in [2.75, 3.05) is 39.4 Å². The largest absolute Gasteiger partial charge is 0.491 e. The van der Waals surface area contributed by atoms with Gasteiger partial charge in [0.25, 0.3) is 11.8 Å². The summed E-state index contributed by atoms with van der Waals surface area (Å²) >= 11 is 0. The SMILES string of the molecule is CCN1CCOc2ccccc2CCCCC2(CN(C(=O)c3cccc(Cc4ccccc4)n3)CCO2)C1=O. The third-order valence-electron chi connectivity index (χ3n) is 7.65. The molecule has 1 fully saturated rings. The summed E-state index contributed by atoms with van der Waals surface area (Å²) in [5, 5.41) is 0. The first-order valence-electron chi connectivity index (χ1n) is 14.0. The molecule has 2 aliphatic heterocycles. The lowest BCUT2D eigenvalue weighted by Gasteiger charge is -2.44. The number of para-hydroxylation sites is 1. The molecule has 1 aromatic heterocycles. The Hall–Kier alpha value is -3.71. The van der Waals surface area contributed by atoms with Crippen molar-refractivity contribution in [3.8, 4) is 5.75 Å². The molecule has 3 heterocycles. The van der Waals surface area contributed by atoms with Crippen LogP contribution in [-0.4, -0.2) is 71.6 Å². The van der Waals surface area contributed by atoms with Crippen molar-refractivity contribution in [3.05, 3.63) is 95.3 Å². The minimum Gasteiger partial charge on any atom is -0.491 e. The predicted octanol–water partition coefficient (Wildman–Crippen LogP) is 4.54. The number of hydrogen-bond acceptors (Lipinski definition) is 5. The van der Waals surface area contributed by atoms with Crippen LogP contribution in [0.1, 0.15) is 53.5 Å². The van der Waals surface area contributed by atoms with E-state index in [4.69, 9.17) is 9.47 Å². The molecule has 39 heavy (non-hydrogen) atoms.